The number of fused-ring (bicyclic) bond motifs is 1. The fourth-order valence-electron chi connectivity index (χ4n) is 3.28. The monoisotopic (exact) mass is 387 g/mol. The summed E-state index contributed by atoms with van der Waals surface area (Å²) < 4.78 is 15.8. The van der Waals surface area contributed by atoms with Gasteiger partial charge in [0.2, 0.25) is 0 Å². The number of hydrogen-bond acceptors (Lipinski definition) is 3. The number of carbonyl (C=O) groups is 1. The first-order valence-electron chi connectivity index (χ1n) is 9.60. The van der Waals surface area contributed by atoms with Crippen LogP contribution in [0.1, 0.15) is 55.7 Å². The van der Waals surface area contributed by atoms with E-state index in [1.807, 2.05) is 26.3 Å². The van der Waals surface area contributed by atoms with Gasteiger partial charge in [-0.25, -0.2) is 9.37 Å². The van der Waals surface area contributed by atoms with Crippen LogP contribution < -0.4 is 0 Å². The van der Waals surface area contributed by atoms with Crippen molar-refractivity contribution >= 4 is 28.3 Å². The number of rotatable bonds is 9. The van der Waals surface area contributed by atoms with Gasteiger partial charge in [0.25, 0.3) is 5.91 Å². The molecule has 2 aromatic heterocycles. The molecule has 3 rings (SSSR count). The molecular weight excluding hydrogens is 361 g/mol. The third kappa shape index (κ3) is 4.56. The lowest BCUT2D eigenvalue weighted by Gasteiger charge is -2.22. The summed E-state index contributed by atoms with van der Waals surface area (Å²) in [5, 5.41) is 3.81. The van der Waals surface area contributed by atoms with Crippen LogP contribution in [0, 0.1) is 5.82 Å². The maximum absolute atomic E-state index is 13.7. The van der Waals surface area contributed by atoms with E-state index < -0.39 is 0 Å². The van der Waals surface area contributed by atoms with Crippen LogP contribution in [0.3, 0.4) is 0 Å². The number of amides is 1. The number of halogens is 1. The zero-order chi connectivity index (χ0) is 19.2. The minimum absolute atomic E-state index is 0.0358. The van der Waals surface area contributed by atoms with Gasteiger partial charge in [0.1, 0.15) is 11.6 Å². The molecule has 0 atom stereocenters. The Labute approximate surface area is 163 Å². The molecule has 0 bridgehead atoms. The summed E-state index contributed by atoms with van der Waals surface area (Å²) in [6.07, 6.45) is 4.08. The third-order valence-corrected chi connectivity index (χ3v) is 5.34. The second kappa shape index (κ2) is 9.13. The maximum atomic E-state index is 13.7. The van der Waals surface area contributed by atoms with Crippen LogP contribution >= 0.6 is 11.3 Å². The Morgan fingerprint density at radius 2 is 2.07 bits per heavy atom. The number of carbonyl (C=O) groups excluding carboxylic acids is 1. The first-order chi connectivity index (χ1) is 13.1. The highest BCUT2D eigenvalue weighted by atomic mass is 32.1. The number of benzene rings is 1. The summed E-state index contributed by atoms with van der Waals surface area (Å²) in [7, 11) is 0. The summed E-state index contributed by atoms with van der Waals surface area (Å²) in [4.78, 5) is 19.6. The lowest BCUT2D eigenvalue weighted by molar-refractivity contribution is 0.0734. The number of thiophene rings is 1. The number of imidazole rings is 1. The summed E-state index contributed by atoms with van der Waals surface area (Å²) in [6.45, 7) is 6.14. The van der Waals surface area contributed by atoms with Crippen LogP contribution in [0.25, 0.3) is 11.0 Å². The Hall–Kier alpha value is -2.21. The van der Waals surface area contributed by atoms with E-state index in [-0.39, 0.29) is 11.7 Å². The quantitative estimate of drug-likeness (QED) is 0.456. The molecule has 2 heterocycles. The average molecular weight is 388 g/mol. The molecule has 0 fully saturated rings. The molecule has 0 aliphatic heterocycles. The molecule has 0 unspecified atom stereocenters. The molecule has 0 spiro atoms. The molecule has 0 aliphatic carbocycles. The molecule has 6 heteroatoms. The number of aromatic nitrogens is 2. The maximum Gasteiger partial charge on any atom is 0.255 e. The lowest BCUT2D eigenvalue weighted by atomic mass is 10.2. The van der Waals surface area contributed by atoms with Crippen molar-refractivity contribution in [3.05, 3.63) is 52.2 Å². The fraction of sp³-hybridized carbons (Fsp3) is 0.429. The highest BCUT2D eigenvalue weighted by molar-refractivity contribution is 7.08. The molecule has 144 valence electrons. The Morgan fingerprint density at radius 1 is 1.22 bits per heavy atom. The van der Waals surface area contributed by atoms with E-state index in [0.717, 1.165) is 54.6 Å². The van der Waals surface area contributed by atoms with E-state index in [2.05, 4.69) is 13.8 Å². The minimum atomic E-state index is -0.263. The van der Waals surface area contributed by atoms with Crippen LogP contribution in [0.15, 0.2) is 35.0 Å². The van der Waals surface area contributed by atoms with Gasteiger partial charge in [-0.2, -0.15) is 11.3 Å². The molecule has 0 saturated heterocycles. The van der Waals surface area contributed by atoms with Crippen molar-refractivity contribution in [3.8, 4) is 0 Å². The van der Waals surface area contributed by atoms with Gasteiger partial charge < -0.3 is 9.47 Å². The topological polar surface area (TPSA) is 38.1 Å². The van der Waals surface area contributed by atoms with E-state index in [1.165, 1.54) is 23.5 Å². The van der Waals surface area contributed by atoms with Gasteiger partial charge in [-0.15, -0.1) is 0 Å². The van der Waals surface area contributed by atoms with Gasteiger partial charge in [0.15, 0.2) is 0 Å². The van der Waals surface area contributed by atoms with Crippen molar-refractivity contribution in [2.45, 2.75) is 52.6 Å². The lowest BCUT2D eigenvalue weighted by Crippen LogP contribution is -2.32. The van der Waals surface area contributed by atoms with E-state index in [1.54, 1.807) is 6.07 Å². The Bertz CT molecular complexity index is 888. The third-order valence-electron chi connectivity index (χ3n) is 4.66. The van der Waals surface area contributed by atoms with E-state index >= 15 is 0 Å². The van der Waals surface area contributed by atoms with Gasteiger partial charge in [0, 0.05) is 18.5 Å². The average Bonchev–Trinajstić information content (AvgIpc) is 3.30. The summed E-state index contributed by atoms with van der Waals surface area (Å²) in [6, 6.07) is 6.54. The first-order valence-corrected chi connectivity index (χ1v) is 10.5. The fourth-order valence-corrected chi connectivity index (χ4v) is 3.91. The van der Waals surface area contributed by atoms with Crippen LogP contribution in [0.2, 0.25) is 0 Å². The van der Waals surface area contributed by atoms with Crippen LogP contribution in [-0.2, 0) is 13.1 Å². The van der Waals surface area contributed by atoms with Gasteiger partial charge in [0.05, 0.1) is 23.1 Å². The second-order valence-corrected chi connectivity index (χ2v) is 7.54. The molecule has 3 aromatic rings. The van der Waals surface area contributed by atoms with E-state index in [9.17, 15) is 9.18 Å². The van der Waals surface area contributed by atoms with E-state index in [4.69, 9.17) is 4.98 Å². The molecule has 1 aromatic carbocycles. The predicted octanol–water partition coefficient (Wildman–Crippen LogP) is 5.48. The number of aryl methyl sites for hydroxylation is 1. The van der Waals surface area contributed by atoms with Crippen molar-refractivity contribution < 1.29 is 9.18 Å². The van der Waals surface area contributed by atoms with Gasteiger partial charge in [-0.3, -0.25) is 4.79 Å². The summed E-state index contributed by atoms with van der Waals surface area (Å²) >= 11 is 1.53. The molecule has 4 nitrogen and oxygen atoms in total. The minimum Gasteiger partial charge on any atom is -0.331 e. The molecule has 0 saturated carbocycles. The molecular formula is C21H26FN3OS. The SMILES string of the molecule is CCCCCN(Cc1nc2ccc(F)cc2n1CCC)C(=O)c1ccsc1. The van der Waals surface area contributed by atoms with Crippen molar-refractivity contribution in [1.29, 1.82) is 0 Å². The smallest absolute Gasteiger partial charge is 0.255 e. The summed E-state index contributed by atoms with van der Waals surface area (Å²) in [5.41, 5.74) is 2.29. The molecule has 0 radical (unpaired) electrons. The van der Waals surface area contributed by atoms with Crippen LogP contribution in [-0.4, -0.2) is 26.9 Å². The van der Waals surface area contributed by atoms with Gasteiger partial charge in [-0.05, 0) is 42.5 Å². The van der Waals surface area contributed by atoms with Crippen molar-refractivity contribution in [2.24, 2.45) is 0 Å². The van der Waals surface area contributed by atoms with Crippen molar-refractivity contribution in [2.75, 3.05) is 6.54 Å². The first kappa shape index (κ1) is 19.5. The Morgan fingerprint density at radius 3 is 2.78 bits per heavy atom. The second-order valence-electron chi connectivity index (χ2n) is 6.76. The predicted molar refractivity (Wildman–Crippen MR) is 109 cm³/mol. The highest BCUT2D eigenvalue weighted by Gasteiger charge is 2.20. The van der Waals surface area contributed by atoms with E-state index in [0.29, 0.717) is 13.1 Å². The van der Waals surface area contributed by atoms with Gasteiger partial charge >= 0.3 is 0 Å². The normalized spacial score (nSPS) is 11.2. The summed E-state index contributed by atoms with van der Waals surface area (Å²) in [5.74, 6) is 0.589. The van der Waals surface area contributed by atoms with Crippen LogP contribution in [0.4, 0.5) is 4.39 Å². The standard InChI is InChI=1S/C21H26FN3OS/c1-3-5-6-11-24(21(26)16-9-12-27-15-16)14-20-23-18-8-7-17(22)13-19(18)25(20)10-4-2/h7-9,12-13,15H,3-6,10-11,14H2,1-2H3. The molecule has 27 heavy (non-hydrogen) atoms. The van der Waals surface area contributed by atoms with Crippen molar-refractivity contribution in [3.63, 3.8) is 0 Å². The van der Waals surface area contributed by atoms with Gasteiger partial charge in [-0.1, -0.05) is 26.7 Å². The highest BCUT2D eigenvalue weighted by Crippen LogP contribution is 2.21. The molecule has 0 N–H and O–H groups in total. The van der Waals surface area contributed by atoms with Crippen LogP contribution in [0.5, 0.6) is 0 Å². The Kier molecular flexibility index (Phi) is 6.61. The zero-order valence-corrected chi connectivity index (χ0v) is 16.8. The number of hydrogen-bond donors (Lipinski definition) is 0. The number of nitrogens with zero attached hydrogens (tertiary/aromatic N) is 3. The number of unbranched alkanes of at least 4 members (excludes halogenated alkanes) is 2. The molecule has 1 amide bonds. The van der Waals surface area contributed by atoms with Crippen molar-refractivity contribution in [1.82, 2.24) is 14.5 Å². The largest absolute Gasteiger partial charge is 0.331 e. The Balaban J connectivity index is 1.92. The zero-order valence-electron chi connectivity index (χ0n) is 15.9. The molecule has 0 aliphatic rings.